The van der Waals surface area contributed by atoms with Crippen molar-refractivity contribution in [3.8, 4) is 28.1 Å². The summed E-state index contributed by atoms with van der Waals surface area (Å²) in [5, 5.41) is 16.9. The summed E-state index contributed by atoms with van der Waals surface area (Å²) in [6, 6.07) is 10.9. The number of carbonyl (C=O) groups is 1. The highest BCUT2D eigenvalue weighted by atomic mass is 35.5. The largest absolute Gasteiger partial charge is 0.507 e. The van der Waals surface area contributed by atoms with Crippen molar-refractivity contribution in [3.63, 3.8) is 0 Å². The molecule has 0 atom stereocenters. The maximum atomic E-state index is 14.6. The van der Waals surface area contributed by atoms with Gasteiger partial charge >= 0.3 is 0 Å². The number of phenols is 1. The van der Waals surface area contributed by atoms with E-state index >= 15 is 0 Å². The number of hydrogen-bond acceptors (Lipinski definition) is 4. The Morgan fingerprint density at radius 1 is 1.13 bits per heavy atom. The van der Waals surface area contributed by atoms with E-state index in [2.05, 4.69) is 15.6 Å². The molecule has 0 aliphatic heterocycles. The van der Waals surface area contributed by atoms with Gasteiger partial charge in [0.05, 0.1) is 10.7 Å². The second kappa shape index (κ2) is 9.32. The number of pyridine rings is 1. The van der Waals surface area contributed by atoms with Crippen LogP contribution in [-0.2, 0) is 4.79 Å². The van der Waals surface area contributed by atoms with Gasteiger partial charge in [-0.15, -0.1) is 0 Å². The van der Waals surface area contributed by atoms with E-state index in [1.807, 2.05) is 0 Å². The van der Waals surface area contributed by atoms with Gasteiger partial charge in [-0.25, -0.2) is 9.37 Å². The maximum absolute atomic E-state index is 14.6. The van der Waals surface area contributed by atoms with Crippen LogP contribution in [0.5, 0.6) is 5.75 Å². The minimum atomic E-state index is -0.477. The number of nitrogens with one attached hydrogen (secondary N) is 2. The number of amides is 1. The van der Waals surface area contributed by atoms with Crippen molar-refractivity contribution in [3.05, 3.63) is 63.9 Å². The smallest absolute Gasteiger partial charge is 0.216 e. The van der Waals surface area contributed by atoms with Gasteiger partial charge in [0.25, 0.3) is 0 Å². The van der Waals surface area contributed by atoms with Crippen molar-refractivity contribution in [2.75, 3.05) is 18.4 Å². The van der Waals surface area contributed by atoms with Gasteiger partial charge in [-0.1, -0.05) is 29.3 Å². The first-order chi connectivity index (χ1) is 14.3. The van der Waals surface area contributed by atoms with Crippen LogP contribution in [0.3, 0.4) is 0 Å². The van der Waals surface area contributed by atoms with Gasteiger partial charge in [0, 0.05) is 36.2 Å². The van der Waals surface area contributed by atoms with Crippen molar-refractivity contribution < 1.29 is 14.3 Å². The average molecular weight is 448 g/mol. The lowest BCUT2D eigenvalue weighted by Gasteiger charge is -2.14. The van der Waals surface area contributed by atoms with Crippen LogP contribution in [0.2, 0.25) is 10.0 Å². The molecule has 0 radical (unpaired) electrons. The van der Waals surface area contributed by atoms with Gasteiger partial charge in [0.2, 0.25) is 5.91 Å². The highest BCUT2D eigenvalue weighted by Crippen LogP contribution is 2.38. The van der Waals surface area contributed by atoms with Crippen LogP contribution < -0.4 is 10.6 Å². The number of hydrogen-bond donors (Lipinski definition) is 3. The Morgan fingerprint density at radius 3 is 2.60 bits per heavy atom. The first kappa shape index (κ1) is 21.9. The summed E-state index contributed by atoms with van der Waals surface area (Å²) in [5.74, 6) is -0.180. The molecule has 1 heterocycles. The highest BCUT2D eigenvalue weighted by Gasteiger charge is 2.16. The van der Waals surface area contributed by atoms with Crippen molar-refractivity contribution in [1.29, 1.82) is 0 Å². The molecule has 8 heteroatoms. The number of rotatable bonds is 6. The van der Waals surface area contributed by atoms with Gasteiger partial charge < -0.3 is 15.7 Å². The first-order valence-corrected chi connectivity index (χ1v) is 9.96. The third-order valence-electron chi connectivity index (χ3n) is 4.43. The summed E-state index contributed by atoms with van der Waals surface area (Å²) in [6.07, 6.45) is 0. The van der Waals surface area contributed by atoms with Gasteiger partial charge in [-0.3, -0.25) is 4.79 Å². The number of aromatic hydroxyl groups is 1. The number of halogens is 3. The zero-order chi connectivity index (χ0) is 21.8. The number of anilines is 1. The van der Waals surface area contributed by atoms with E-state index in [0.717, 1.165) is 5.56 Å². The average Bonchev–Trinajstić information content (AvgIpc) is 2.68. The second-order valence-corrected chi connectivity index (χ2v) is 7.57. The van der Waals surface area contributed by atoms with Crippen molar-refractivity contribution in [2.24, 2.45) is 0 Å². The highest BCUT2D eigenvalue weighted by molar-refractivity contribution is 6.33. The van der Waals surface area contributed by atoms with Gasteiger partial charge in [0.15, 0.2) is 0 Å². The number of phenolic OH excluding ortho intramolecular Hbond substituents is 1. The maximum Gasteiger partial charge on any atom is 0.216 e. The summed E-state index contributed by atoms with van der Waals surface area (Å²) < 4.78 is 14.6. The fraction of sp³-hybridized carbons (Fsp3) is 0.182. The van der Waals surface area contributed by atoms with Crippen LogP contribution in [0, 0.1) is 12.7 Å². The van der Waals surface area contributed by atoms with Crippen LogP contribution >= 0.6 is 23.2 Å². The fourth-order valence-corrected chi connectivity index (χ4v) is 3.41. The third kappa shape index (κ3) is 5.01. The molecular weight excluding hydrogens is 428 g/mol. The molecule has 30 heavy (non-hydrogen) atoms. The number of carbonyl (C=O) groups excluding carboxylic acids is 1. The Kier molecular flexibility index (Phi) is 6.80. The molecular formula is C22H20Cl2FN3O2. The van der Waals surface area contributed by atoms with Crippen molar-refractivity contribution in [1.82, 2.24) is 10.3 Å². The van der Waals surface area contributed by atoms with E-state index < -0.39 is 5.82 Å². The lowest BCUT2D eigenvalue weighted by molar-refractivity contribution is -0.118. The van der Waals surface area contributed by atoms with Gasteiger partial charge in [0.1, 0.15) is 17.4 Å². The predicted molar refractivity (Wildman–Crippen MR) is 119 cm³/mol. The van der Waals surface area contributed by atoms with Crippen LogP contribution in [-0.4, -0.2) is 29.1 Å². The third-order valence-corrected chi connectivity index (χ3v) is 5.16. The van der Waals surface area contributed by atoms with E-state index in [4.69, 9.17) is 23.2 Å². The van der Waals surface area contributed by atoms with Gasteiger partial charge in [-0.05, 0) is 54.4 Å². The summed E-state index contributed by atoms with van der Waals surface area (Å²) in [4.78, 5) is 15.6. The quantitative estimate of drug-likeness (QED) is 0.440. The lowest BCUT2D eigenvalue weighted by Crippen LogP contribution is -2.26. The number of aromatic nitrogens is 1. The number of nitrogens with zero attached hydrogens (tertiary/aromatic N) is 1. The van der Waals surface area contributed by atoms with E-state index in [9.17, 15) is 14.3 Å². The molecule has 1 amide bonds. The molecule has 5 nitrogen and oxygen atoms in total. The Hall–Kier alpha value is -2.83. The van der Waals surface area contributed by atoms with Crippen LogP contribution in [0.1, 0.15) is 12.5 Å². The minimum absolute atomic E-state index is 0.00498. The predicted octanol–water partition coefficient (Wildman–Crippen LogP) is 5.42. The SMILES string of the molecule is CC(=O)NCCNc1cc(-c2c(F)cccc2Cl)cc(-c2cc(Cl)c(C)cc2O)n1. The van der Waals surface area contributed by atoms with E-state index in [1.54, 1.807) is 37.3 Å². The minimum Gasteiger partial charge on any atom is -0.507 e. The summed E-state index contributed by atoms with van der Waals surface area (Å²) in [5.41, 5.74) is 2.24. The zero-order valence-electron chi connectivity index (χ0n) is 16.4. The number of aryl methyl sites for hydroxylation is 1. The molecule has 1 aromatic heterocycles. The molecule has 2 aromatic carbocycles. The molecule has 0 spiro atoms. The second-order valence-electron chi connectivity index (χ2n) is 6.75. The molecule has 0 saturated heterocycles. The van der Waals surface area contributed by atoms with Gasteiger partial charge in [-0.2, -0.15) is 0 Å². The van der Waals surface area contributed by atoms with E-state index in [1.165, 1.54) is 19.1 Å². The molecule has 3 N–H and O–H groups in total. The van der Waals surface area contributed by atoms with Crippen LogP contribution in [0.15, 0.2) is 42.5 Å². The number of benzene rings is 2. The summed E-state index contributed by atoms with van der Waals surface area (Å²) in [7, 11) is 0. The van der Waals surface area contributed by atoms with E-state index in [0.29, 0.717) is 40.8 Å². The van der Waals surface area contributed by atoms with E-state index in [-0.39, 0.29) is 22.2 Å². The standard InChI is InChI=1S/C22H20Cl2FN3O2/c1-12-8-20(30)15(11-17(12)24)19-9-14(22-16(23)4-3-5-18(22)25)10-21(28-19)27-7-6-26-13(2)29/h3-5,8-11,30H,6-7H2,1-2H3,(H,26,29)(H,27,28). The molecule has 0 aliphatic rings. The normalized spacial score (nSPS) is 10.7. The van der Waals surface area contributed by atoms with Crippen LogP contribution in [0.4, 0.5) is 10.2 Å². The van der Waals surface area contributed by atoms with Crippen molar-refractivity contribution in [2.45, 2.75) is 13.8 Å². The summed E-state index contributed by atoms with van der Waals surface area (Å²) in [6.45, 7) is 4.00. The molecule has 3 rings (SSSR count). The monoisotopic (exact) mass is 447 g/mol. The molecule has 0 fully saturated rings. The Bertz CT molecular complexity index is 1090. The molecule has 156 valence electrons. The first-order valence-electron chi connectivity index (χ1n) is 9.20. The molecule has 0 saturated carbocycles. The molecule has 0 unspecified atom stereocenters. The lowest BCUT2D eigenvalue weighted by atomic mass is 10.0. The Balaban J connectivity index is 2.09. The zero-order valence-corrected chi connectivity index (χ0v) is 17.9. The van der Waals surface area contributed by atoms with Crippen LogP contribution in [0.25, 0.3) is 22.4 Å². The molecule has 0 aliphatic carbocycles. The fourth-order valence-electron chi connectivity index (χ4n) is 2.98. The molecule has 0 bridgehead atoms. The van der Waals surface area contributed by atoms with Crippen molar-refractivity contribution >= 4 is 34.9 Å². The Labute approximate surface area is 183 Å². The summed E-state index contributed by atoms with van der Waals surface area (Å²) >= 11 is 12.5. The topological polar surface area (TPSA) is 74.2 Å². The molecule has 3 aromatic rings. The Morgan fingerprint density at radius 2 is 1.90 bits per heavy atom.